The molecular weight excluding hydrogens is 278 g/mol. The quantitative estimate of drug-likeness (QED) is 0.762. The van der Waals surface area contributed by atoms with E-state index >= 15 is 0 Å². The van der Waals surface area contributed by atoms with Crippen molar-refractivity contribution < 1.29 is 14.1 Å². The summed E-state index contributed by atoms with van der Waals surface area (Å²) in [5, 5.41) is 6.87. The first kappa shape index (κ1) is 14.6. The summed E-state index contributed by atoms with van der Waals surface area (Å²) in [6.45, 7) is 5.95. The normalized spacial score (nSPS) is 12.3. The second-order valence-electron chi connectivity index (χ2n) is 4.30. The minimum Gasteiger partial charge on any atom is -0.465 e. The average Bonchev–Trinajstić information content (AvgIpc) is 3.01. The molecule has 108 valence electrons. The number of esters is 1. The summed E-state index contributed by atoms with van der Waals surface area (Å²) in [6.07, 6.45) is 1.07. The van der Waals surface area contributed by atoms with E-state index in [0.717, 1.165) is 10.7 Å². The van der Waals surface area contributed by atoms with E-state index < -0.39 is 5.92 Å². The fourth-order valence-electron chi connectivity index (χ4n) is 1.82. The highest BCUT2D eigenvalue weighted by molar-refractivity contribution is 7.09. The summed E-state index contributed by atoms with van der Waals surface area (Å²) < 4.78 is 10.2. The maximum absolute atomic E-state index is 11.8. The van der Waals surface area contributed by atoms with Gasteiger partial charge in [-0.25, -0.2) is 4.98 Å². The van der Waals surface area contributed by atoms with Crippen LogP contribution in [-0.4, -0.2) is 27.7 Å². The zero-order valence-electron chi connectivity index (χ0n) is 11.8. The van der Waals surface area contributed by atoms with Gasteiger partial charge in [0.05, 0.1) is 23.7 Å². The molecule has 0 amide bonds. The number of aryl methyl sites for hydroxylation is 1. The van der Waals surface area contributed by atoms with Gasteiger partial charge in [0.1, 0.15) is 5.92 Å². The number of rotatable bonds is 6. The summed E-state index contributed by atoms with van der Waals surface area (Å²) in [5.41, 5.74) is 0.907. The van der Waals surface area contributed by atoms with E-state index in [9.17, 15) is 4.79 Å². The summed E-state index contributed by atoms with van der Waals surface area (Å²) in [4.78, 5) is 20.4. The van der Waals surface area contributed by atoms with Crippen molar-refractivity contribution in [1.29, 1.82) is 0 Å². The summed E-state index contributed by atoms with van der Waals surface area (Å²) in [6, 6.07) is 0. The molecule has 0 spiro atoms. The van der Waals surface area contributed by atoms with Gasteiger partial charge in [0.2, 0.25) is 5.89 Å². The van der Waals surface area contributed by atoms with Crippen LogP contribution >= 0.6 is 11.3 Å². The van der Waals surface area contributed by atoms with Gasteiger partial charge in [0.15, 0.2) is 5.82 Å². The number of ether oxygens (including phenoxy) is 1. The summed E-state index contributed by atoms with van der Waals surface area (Å²) in [5.74, 6) is 0.0315. The molecule has 0 bridgehead atoms. The van der Waals surface area contributed by atoms with E-state index in [4.69, 9.17) is 9.26 Å². The Morgan fingerprint density at radius 1 is 1.45 bits per heavy atom. The molecule has 0 aliphatic rings. The van der Waals surface area contributed by atoms with Gasteiger partial charge in [-0.1, -0.05) is 12.1 Å². The van der Waals surface area contributed by atoms with Crippen LogP contribution in [0.3, 0.4) is 0 Å². The highest BCUT2D eigenvalue weighted by Crippen LogP contribution is 2.20. The fraction of sp³-hybridized carbons (Fsp3) is 0.538. The molecule has 7 heteroatoms. The summed E-state index contributed by atoms with van der Waals surface area (Å²) >= 11 is 1.58. The second kappa shape index (κ2) is 6.60. The Morgan fingerprint density at radius 3 is 2.85 bits per heavy atom. The summed E-state index contributed by atoms with van der Waals surface area (Å²) in [7, 11) is 0. The first-order valence-corrected chi connectivity index (χ1v) is 7.42. The van der Waals surface area contributed by atoms with Gasteiger partial charge in [0, 0.05) is 5.38 Å². The van der Waals surface area contributed by atoms with Crippen molar-refractivity contribution in [2.45, 2.75) is 39.5 Å². The maximum atomic E-state index is 11.8. The van der Waals surface area contributed by atoms with Gasteiger partial charge in [-0.2, -0.15) is 4.98 Å². The molecule has 0 N–H and O–H groups in total. The smallest absolute Gasteiger partial charge is 0.318 e. The van der Waals surface area contributed by atoms with Crippen LogP contribution in [0.25, 0.3) is 0 Å². The van der Waals surface area contributed by atoms with Gasteiger partial charge in [0.25, 0.3) is 0 Å². The molecule has 2 aromatic heterocycles. The molecule has 1 atom stereocenters. The lowest BCUT2D eigenvalue weighted by Gasteiger charge is -2.08. The molecule has 1 unspecified atom stereocenters. The molecule has 0 aliphatic carbocycles. The minimum atomic E-state index is -0.492. The zero-order valence-corrected chi connectivity index (χ0v) is 12.6. The number of carbonyl (C=O) groups is 1. The van der Waals surface area contributed by atoms with Crippen LogP contribution in [0, 0.1) is 6.92 Å². The average molecular weight is 295 g/mol. The Labute approximate surface area is 121 Å². The number of nitrogens with zero attached hydrogens (tertiary/aromatic N) is 3. The van der Waals surface area contributed by atoms with Gasteiger partial charge in [-0.3, -0.25) is 4.79 Å². The lowest BCUT2D eigenvalue weighted by molar-refractivity contribution is -0.145. The number of thiazole rings is 1. The van der Waals surface area contributed by atoms with Crippen LogP contribution < -0.4 is 0 Å². The monoisotopic (exact) mass is 295 g/mol. The zero-order chi connectivity index (χ0) is 14.5. The van der Waals surface area contributed by atoms with Gasteiger partial charge in [-0.15, -0.1) is 11.3 Å². The standard InChI is InChI=1S/C13H17N3O3S/c1-4-10(13(17)18-5-2)12-15-11(16-19-12)6-9-7-20-8(3)14-9/h7,10H,4-6H2,1-3H3. The molecule has 2 heterocycles. The molecule has 0 saturated heterocycles. The van der Waals surface area contributed by atoms with Crippen molar-refractivity contribution in [1.82, 2.24) is 15.1 Å². The van der Waals surface area contributed by atoms with Crippen molar-refractivity contribution in [2.24, 2.45) is 0 Å². The Balaban J connectivity index is 2.09. The molecule has 0 saturated carbocycles. The van der Waals surface area contributed by atoms with Crippen LogP contribution in [0.4, 0.5) is 0 Å². The first-order chi connectivity index (χ1) is 9.63. The third kappa shape index (κ3) is 3.41. The first-order valence-electron chi connectivity index (χ1n) is 6.54. The van der Waals surface area contributed by atoms with Crippen LogP contribution in [0.5, 0.6) is 0 Å². The van der Waals surface area contributed by atoms with Crippen LogP contribution in [0.2, 0.25) is 0 Å². The van der Waals surface area contributed by atoms with Gasteiger partial charge >= 0.3 is 5.97 Å². The predicted octanol–water partition coefficient (Wildman–Crippen LogP) is 2.48. The topological polar surface area (TPSA) is 78.1 Å². The Hall–Kier alpha value is -1.76. The van der Waals surface area contributed by atoms with Crippen molar-refractivity contribution in [3.8, 4) is 0 Å². The van der Waals surface area contributed by atoms with Crippen LogP contribution in [-0.2, 0) is 16.0 Å². The maximum Gasteiger partial charge on any atom is 0.318 e. The van der Waals surface area contributed by atoms with Gasteiger partial charge < -0.3 is 9.26 Å². The highest BCUT2D eigenvalue weighted by Gasteiger charge is 2.26. The lowest BCUT2D eigenvalue weighted by atomic mass is 10.1. The van der Waals surface area contributed by atoms with E-state index in [-0.39, 0.29) is 5.97 Å². The molecule has 20 heavy (non-hydrogen) atoms. The second-order valence-corrected chi connectivity index (χ2v) is 5.36. The van der Waals surface area contributed by atoms with E-state index in [1.54, 1.807) is 18.3 Å². The Morgan fingerprint density at radius 2 is 2.25 bits per heavy atom. The molecular formula is C13H17N3O3S. The van der Waals surface area contributed by atoms with E-state index in [2.05, 4.69) is 15.1 Å². The molecule has 2 rings (SSSR count). The SMILES string of the molecule is CCOC(=O)C(CC)c1nc(Cc2csc(C)n2)no1. The van der Waals surface area contributed by atoms with E-state index in [0.29, 0.717) is 31.2 Å². The van der Waals surface area contributed by atoms with Crippen LogP contribution in [0.15, 0.2) is 9.90 Å². The Bertz CT molecular complexity index is 579. The van der Waals surface area contributed by atoms with Crippen molar-refractivity contribution in [2.75, 3.05) is 6.61 Å². The predicted molar refractivity (Wildman–Crippen MR) is 73.6 cm³/mol. The Kier molecular flexibility index (Phi) is 4.84. The number of hydrogen-bond acceptors (Lipinski definition) is 7. The highest BCUT2D eigenvalue weighted by atomic mass is 32.1. The number of aromatic nitrogens is 3. The number of hydrogen-bond donors (Lipinski definition) is 0. The third-order valence-corrected chi connectivity index (χ3v) is 3.59. The van der Waals surface area contributed by atoms with Crippen LogP contribution in [0.1, 0.15) is 48.6 Å². The largest absolute Gasteiger partial charge is 0.465 e. The third-order valence-electron chi connectivity index (χ3n) is 2.77. The minimum absolute atomic E-state index is 0.313. The number of carbonyl (C=O) groups excluding carboxylic acids is 1. The van der Waals surface area contributed by atoms with E-state index in [1.165, 1.54) is 0 Å². The fourth-order valence-corrected chi connectivity index (χ4v) is 2.43. The van der Waals surface area contributed by atoms with E-state index in [1.807, 2.05) is 19.2 Å². The van der Waals surface area contributed by atoms with Crippen molar-refractivity contribution >= 4 is 17.3 Å². The molecule has 0 aliphatic heterocycles. The van der Waals surface area contributed by atoms with Gasteiger partial charge in [-0.05, 0) is 20.3 Å². The van der Waals surface area contributed by atoms with Crippen molar-refractivity contribution in [3.63, 3.8) is 0 Å². The molecule has 0 aromatic carbocycles. The van der Waals surface area contributed by atoms with Crippen molar-refractivity contribution in [3.05, 3.63) is 27.8 Å². The molecule has 2 aromatic rings. The molecule has 0 fully saturated rings. The molecule has 6 nitrogen and oxygen atoms in total. The lowest BCUT2D eigenvalue weighted by Crippen LogP contribution is -2.15. The molecule has 0 radical (unpaired) electrons.